The van der Waals surface area contributed by atoms with E-state index < -0.39 is 0 Å². The standard InChI is InChI=1S/C40H24S2/c1-3-13-25(14-4-1)35-28-18-7-9-20-30(28)36(31-21-10-8-19-29(31)35)38-37-34(42-39(38)26-15-5-2-6-16-26)24-23-32-27-17-11-12-22-33(27)41-40(32)37/h1-24H. The van der Waals surface area contributed by atoms with Crippen molar-refractivity contribution < 1.29 is 0 Å². The van der Waals surface area contributed by atoms with Crippen LogP contribution in [0.1, 0.15) is 0 Å². The van der Waals surface area contributed by atoms with Crippen LogP contribution in [0.25, 0.3) is 84.5 Å². The van der Waals surface area contributed by atoms with E-state index in [1.165, 1.54) is 84.5 Å². The van der Waals surface area contributed by atoms with Crippen LogP contribution in [-0.4, -0.2) is 0 Å². The highest BCUT2D eigenvalue weighted by Crippen LogP contribution is 2.54. The summed E-state index contributed by atoms with van der Waals surface area (Å²) < 4.78 is 4.05. The second-order valence-electron chi connectivity index (χ2n) is 10.8. The van der Waals surface area contributed by atoms with Crippen LogP contribution in [-0.2, 0) is 0 Å². The topological polar surface area (TPSA) is 0 Å². The van der Waals surface area contributed by atoms with Crippen molar-refractivity contribution in [2.24, 2.45) is 0 Å². The lowest BCUT2D eigenvalue weighted by Crippen LogP contribution is -1.91. The summed E-state index contributed by atoms with van der Waals surface area (Å²) >= 11 is 3.85. The first-order valence-corrected chi connectivity index (χ1v) is 15.9. The van der Waals surface area contributed by atoms with Gasteiger partial charge in [-0.3, -0.25) is 0 Å². The Morgan fingerprint density at radius 3 is 1.48 bits per heavy atom. The Morgan fingerprint density at radius 2 is 0.833 bits per heavy atom. The Morgan fingerprint density at radius 1 is 0.310 bits per heavy atom. The molecule has 0 fully saturated rings. The summed E-state index contributed by atoms with van der Waals surface area (Å²) in [5.41, 5.74) is 6.50. The van der Waals surface area contributed by atoms with E-state index in [0.29, 0.717) is 0 Å². The molecule has 0 radical (unpaired) electrons. The summed E-state index contributed by atoms with van der Waals surface area (Å²) in [5, 5.41) is 9.23. The largest absolute Gasteiger partial charge is 0.134 e. The number of benzene rings is 7. The monoisotopic (exact) mass is 568 g/mol. The van der Waals surface area contributed by atoms with E-state index >= 15 is 0 Å². The highest BCUT2D eigenvalue weighted by atomic mass is 32.1. The summed E-state index contributed by atoms with van der Waals surface area (Å²) in [5.74, 6) is 0. The second-order valence-corrected chi connectivity index (χ2v) is 12.9. The molecule has 0 amide bonds. The van der Waals surface area contributed by atoms with Crippen LogP contribution in [0.2, 0.25) is 0 Å². The molecule has 9 aromatic rings. The number of hydrogen-bond donors (Lipinski definition) is 0. The lowest BCUT2D eigenvalue weighted by atomic mass is 9.84. The van der Waals surface area contributed by atoms with E-state index in [1.54, 1.807) is 0 Å². The van der Waals surface area contributed by atoms with Gasteiger partial charge in [-0.1, -0.05) is 133 Å². The van der Waals surface area contributed by atoms with Gasteiger partial charge in [-0.15, -0.1) is 22.7 Å². The van der Waals surface area contributed by atoms with Crippen molar-refractivity contribution in [3.63, 3.8) is 0 Å². The molecule has 0 N–H and O–H groups in total. The predicted molar refractivity (Wildman–Crippen MR) is 186 cm³/mol. The SMILES string of the molecule is c1ccc(-c2sc3ccc4c5ccccc5sc4c3c2-c2c3ccccc3c(-c3ccccc3)c3ccccc23)cc1. The van der Waals surface area contributed by atoms with E-state index in [1.807, 2.05) is 22.7 Å². The average Bonchev–Trinajstić information content (AvgIpc) is 3.63. The minimum Gasteiger partial charge on any atom is -0.134 e. The first-order chi connectivity index (χ1) is 20.9. The summed E-state index contributed by atoms with van der Waals surface area (Å²) in [4.78, 5) is 1.33. The summed E-state index contributed by atoms with van der Waals surface area (Å²) in [7, 11) is 0. The maximum Gasteiger partial charge on any atom is 0.0448 e. The van der Waals surface area contributed by atoms with Crippen LogP contribution >= 0.6 is 22.7 Å². The van der Waals surface area contributed by atoms with Gasteiger partial charge in [-0.25, -0.2) is 0 Å². The maximum absolute atomic E-state index is 2.35. The van der Waals surface area contributed by atoms with Gasteiger partial charge in [0.15, 0.2) is 0 Å². The van der Waals surface area contributed by atoms with Gasteiger partial charge >= 0.3 is 0 Å². The van der Waals surface area contributed by atoms with Gasteiger partial charge in [0.05, 0.1) is 0 Å². The number of hydrogen-bond acceptors (Lipinski definition) is 2. The molecule has 2 aromatic heterocycles. The van der Waals surface area contributed by atoms with Gasteiger partial charge in [-0.2, -0.15) is 0 Å². The van der Waals surface area contributed by atoms with E-state index in [4.69, 9.17) is 0 Å². The third kappa shape index (κ3) is 3.46. The van der Waals surface area contributed by atoms with E-state index in [9.17, 15) is 0 Å². The van der Waals surface area contributed by atoms with Gasteiger partial charge in [-0.05, 0) is 55.9 Å². The second kappa shape index (κ2) is 9.39. The Kier molecular flexibility index (Phi) is 5.34. The first kappa shape index (κ1) is 23.9. The van der Waals surface area contributed by atoms with E-state index in [0.717, 1.165) is 0 Å². The predicted octanol–water partition coefficient (Wildman–Crippen LogP) is 12.6. The number of fused-ring (bicyclic) bond motifs is 7. The molecule has 2 heteroatoms. The molecule has 0 atom stereocenters. The summed E-state index contributed by atoms with van der Waals surface area (Å²) in [6, 6.07) is 53.4. The lowest BCUT2D eigenvalue weighted by molar-refractivity contribution is 1.67. The molecule has 0 spiro atoms. The molecule has 0 aliphatic heterocycles. The zero-order valence-corrected chi connectivity index (χ0v) is 24.3. The van der Waals surface area contributed by atoms with Crippen LogP contribution in [0.15, 0.2) is 146 Å². The summed E-state index contributed by atoms with van der Waals surface area (Å²) in [6.45, 7) is 0. The van der Waals surface area contributed by atoms with Crippen molar-refractivity contribution in [1.29, 1.82) is 0 Å². The fourth-order valence-electron chi connectivity index (χ4n) is 6.71. The fourth-order valence-corrected chi connectivity index (χ4v) is 9.26. The van der Waals surface area contributed by atoms with Gasteiger partial charge in [0.1, 0.15) is 0 Å². The number of rotatable bonds is 3. The molecule has 9 rings (SSSR count). The van der Waals surface area contributed by atoms with Crippen molar-refractivity contribution in [3.05, 3.63) is 146 Å². The smallest absolute Gasteiger partial charge is 0.0448 e. The van der Waals surface area contributed by atoms with Crippen molar-refractivity contribution in [2.75, 3.05) is 0 Å². The van der Waals surface area contributed by atoms with Crippen LogP contribution < -0.4 is 0 Å². The van der Waals surface area contributed by atoms with Crippen molar-refractivity contribution >= 4 is 74.5 Å². The molecule has 0 nitrogen and oxygen atoms in total. The Hall–Kier alpha value is -4.76. The van der Waals surface area contributed by atoms with E-state index in [2.05, 4.69) is 146 Å². The van der Waals surface area contributed by atoms with Crippen molar-refractivity contribution in [1.82, 2.24) is 0 Å². The molecular weight excluding hydrogens is 545 g/mol. The molecule has 0 unspecified atom stereocenters. The molecule has 7 aromatic carbocycles. The molecule has 0 aliphatic carbocycles. The Labute approximate surface area is 251 Å². The van der Waals surface area contributed by atoms with Crippen molar-refractivity contribution in [2.45, 2.75) is 0 Å². The number of thiophene rings is 2. The highest BCUT2D eigenvalue weighted by molar-refractivity contribution is 7.28. The van der Waals surface area contributed by atoms with Gasteiger partial charge in [0.25, 0.3) is 0 Å². The molecule has 0 aliphatic rings. The quantitative estimate of drug-likeness (QED) is 0.186. The molecule has 42 heavy (non-hydrogen) atoms. The maximum atomic E-state index is 2.35. The molecule has 0 saturated carbocycles. The van der Waals surface area contributed by atoms with Crippen molar-refractivity contribution in [3.8, 4) is 32.7 Å². The van der Waals surface area contributed by atoms with Gasteiger partial charge < -0.3 is 0 Å². The molecule has 0 saturated heterocycles. The first-order valence-electron chi connectivity index (χ1n) is 14.3. The zero-order valence-electron chi connectivity index (χ0n) is 22.7. The van der Waals surface area contributed by atoms with Crippen LogP contribution in [0.5, 0.6) is 0 Å². The summed E-state index contributed by atoms with van der Waals surface area (Å²) in [6.07, 6.45) is 0. The highest BCUT2D eigenvalue weighted by Gasteiger charge is 2.24. The van der Waals surface area contributed by atoms with Crippen LogP contribution in [0.4, 0.5) is 0 Å². The fraction of sp³-hybridized carbons (Fsp3) is 0. The Bertz CT molecular complexity index is 2390. The third-order valence-electron chi connectivity index (χ3n) is 8.48. The Balaban J connectivity index is 1.53. The lowest BCUT2D eigenvalue weighted by Gasteiger charge is -2.18. The molecule has 196 valence electrons. The molecule has 0 bridgehead atoms. The zero-order chi connectivity index (χ0) is 27.6. The van der Waals surface area contributed by atoms with Gasteiger partial charge in [0, 0.05) is 40.7 Å². The average molecular weight is 569 g/mol. The van der Waals surface area contributed by atoms with Gasteiger partial charge in [0.2, 0.25) is 0 Å². The molecule has 2 heterocycles. The molecular formula is C40H24S2. The van der Waals surface area contributed by atoms with Crippen LogP contribution in [0, 0.1) is 0 Å². The normalized spacial score (nSPS) is 11.8. The van der Waals surface area contributed by atoms with Crippen LogP contribution in [0.3, 0.4) is 0 Å². The minimum atomic E-state index is 1.25. The third-order valence-corrected chi connectivity index (χ3v) is 10.9. The minimum absolute atomic E-state index is 1.25. The van der Waals surface area contributed by atoms with E-state index in [-0.39, 0.29) is 0 Å².